The van der Waals surface area contributed by atoms with Crippen LogP contribution in [0.5, 0.6) is 5.75 Å². The predicted octanol–water partition coefficient (Wildman–Crippen LogP) is 3.75. The Bertz CT molecular complexity index is 510. The van der Waals surface area contributed by atoms with Crippen LogP contribution in [0, 0.1) is 0 Å². The maximum absolute atomic E-state index is 5.66. The molecule has 0 fully saturated rings. The van der Waals surface area contributed by atoms with Gasteiger partial charge in [0.25, 0.3) is 0 Å². The van der Waals surface area contributed by atoms with Crippen molar-refractivity contribution < 1.29 is 9.15 Å². The van der Waals surface area contributed by atoms with E-state index in [4.69, 9.17) is 9.15 Å². The van der Waals surface area contributed by atoms with Crippen LogP contribution < -0.4 is 10.1 Å². The van der Waals surface area contributed by atoms with Gasteiger partial charge in [-0.2, -0.15) is 0 Å². The van der Waals surface area contributed by atoms with E-state index >= 15 is 0 Å². The lowest BCUT2D eigenvalue weighted by Gasteiger charge is -2.18. The zero-order chi connectivity index (χ0) is 13.0. The van der Waals surface area contributed by atoms with Gasteiger partial charge in [0.2, 0.25) is 0 Å². The third-order valence-corrected chi connectivity index (χ3v) is 3.38. The quantitative estimate of drug-likeness (QED) is 0.913. The monoisotopic (exact) mass is 309 g/mol. The molecule has 0 saturated heterocycles. The number of hydrogen-bond acceptors (Lipinski definition) is 3. The summed E-state index contributed by atoms with van der Waals surface area (Å²) in [5.74, 6) is 1.73. The van der Waals surface area contributed by atoms with Gasteiger partial charge in [0.15, 0.2) is 0 Å². The summed E-state index contributed by atoms with van der Waals surface area (Å²) in [6.07, 6.45) is 1.67. The average Bonchev–Trinajstić information content (AvgIpc) is 2.79. The summed E-state index contributed by atoms with van der Waals surface area (Å²) >= 11 is 3.49. The van der Waals surface area contributed by atoms with Crippen molar-refractivity contribution in [1.82, 2.24) is 5.32 Å². The molecule has 1 aromatic heterocycles. The molecule has 1 atom stereocenters. The molecule has 96 valence electrons. The highest BCUT2D eigenvalue weighted by molar-refractivity contribution is 9.10. The van der Waals surface area contributed by atoms with Gasteiger partial charge >= 0.3 is 0 Å². The van der Waals surface area contributed by atoms with Crippen molar-refractivity contribution in [3.05, 3.63) is 52.4 Å². The first kappa shape index (κ1) is 13.2. The summed E-state index contributed by atoms with van der Waals surface area (Å²) in [5.41, 5.74) is 1.07. The summed E-state index contributed by atoms with van der Waals surface area (Å²) in [6.45, 7) is 2.63. The first-order valence-electron chi connectivity index (χ1n) is 5.89. The Morgan fingerprint density at radius 3 is 2.72 bits per heavy atom. The van der Waals surface area contributed by atoms with Crippen molar-refractivity contribution in [3.63, 3.8) is 0 Å². The average molecular weight is 310 g/mol. The van der Waals surface area contributed by atoms with E-state index in [9.17, 15) is 0 Å². The van der Waals surface area contributed by atoms with Crippen molar-refractivity contribution in [2.45, 2.75) is 13.0 Å². The number of benzene rings is 1. The molecule has 2 rings (SSSR count). The predicted molar refractivity (Wildman–Crippen MR) is 74.9 cm³/mol. The van der Waals surface area contributed by atoms with Gasteiger partial charge < -0.3 is 14.5 Å². The van der Waals surface area contributed by atoms with E-state index in [2.05, 4.69) is 21.2 Å². The molecule has 1 heterocycles. The van der Waals surface area contributed by atoms with E-state index in [0.717, 1.165) is 21.5 Å². The molecule has 4 heteroatoms. The minimum Gasteiger partial charge on any atom is -0.494 e. The Hall–Kier alpha value is -1.26. The fraction of sp³-hybridized carbons (Fsp3) is 0.286. The molecule has 2 aromatic rings. The minimum absolute atomic E-state index is 0.0304. The number of para-hydroxylation sites is 1. The molecule has 0 saturated carbocycles. The second kappa shape index (κ2) is 6.07. The molecule has 0 radical (unpaired) electrons. The van der Waals surface area contributed by atoms with Crippen LogP contribution >= 0.6 is 15.9 Å². The maximum atomic E-state index is 5.66. The van der Waals surface area contributed by atoms with Gasteiger partial charge in [0.05, 0.1) is 23.4 Å². The van der Waals surface area contributed by atoms with E-state index in [0.29, 0.717) is 6.61 Å². The van der Waals surface area contributed by atoms with Gasteiger partial charge in [-0.15, -0.1) is 0 Å². The first-order valence-corrected chi connectivity index (χ1v) is 6.69. The number of furan rings is 1. The summed E-state index contributed by atoms with van der Waals surface area (Å²) in [6, 6.07) is 9.85. The summed E-state index contributed by atoms with van der Waals surface area (Å²) < 4.78 is 12.2. The Kier molecular flexibility index (Phi) is 4.44. The minimum atomic E-state index is -0.0304. The molecule has 18 heavy (non-hydrogen) atoms. The third kappa shape index (κ3) is 2.60. The summed E-state index contributed by atoms with van der Waals surface area (Å²) in [4.78, 5) is 0. The second-order valence-corrected chi connectivity index (χ2v) is 4.68. The van der Waals surface area contributed by atoms with Crippen LogP contribution in [-0.2, 0) is 0 Å². The Morgan fingerprint density at radius 2 is 2.11 bits per heavy atom. The van der Waals surface area contributed by atoms with Gasteiger partial charge in [-0.25, -0.2) is 0 Å². The van der Waals surface area contributed by atoms with Gasteiger partial charge in [-0.3, -0.25) is 0 Å². The lowest BCUT2D eigenvalue weighted by atomic mass is 10.0. The van der Waals surface area contributed by atoms with Crippen LogP contribution in [0.1, 0.15) is 24.3 Å². The highest BCUT2D eigenvalue weighted by Gasteiger charge is 2.21. The van der Waals surface area contributed by atoms with E-state index < -0.39 is 0 Å². The fourth-order valence-electron chi connectivity index (χ4n) is 1.95. The second-order valence-electron chi connectivity index (χ2n) is 3.83. The molecule has 0 aliphatic carbocycles. The molecule has 0 amide bonds. The SMILES string of the molecule is CCOc1ccccc1C(NC)c1occc1Br. The zero-order valence-electron chi connectivity index (χ0n) is 10.4. The van der Waals surface area contributed by atoms with Crippen LogP contribution in [-0.4, -0.2) is 13.7 Å². The van der Waals surface area contributed by atoms with Crippen molar-refractivity contribution >= 4 is 15.9 Å². The third-order valence-electron chi connectivity index (χ3n) is 2.73. The van der Waals surface area contributed by atoms with Gasteiger partial charge in [0, 0.05) is 5.56 Å². The van der Waals surface area contributed by atoms with Crippen LogP contribution in [0.25, 0.3) is 0 Å². The molecular weight excluding hydrogens is 294 g/mol. The smallest absolute Gasteiger partial charge is 0.139 e. The first-order chi connectivity index (χ1) is 8.77. The molecule has 1 N–H and O–H groups in total. The van der Waals surface area contributed by atoms with E-state index in [1.54, 1.807) is 6.26 Å². The Morgan fingerprint density at radius 1 is 1.33 bits per heavy atom. The van der Waals surface area contributed by atoms with Crippen molar-refractivity contribution in [2.75, 3.05) is 13.7 Å². The van der Waals surface area contributed by atoms with Crippen molar-refractivity contribution in [1.29, 1.82) is 0 Å². The summed E-state index contributed by atoms with van der Waals surface area (Å²) in [5, 5.41) is 3.26. The number of ether oxygens (including phenoxy) is 1. The number of nitrogens with one attached hydrogen (secondary N) is 1. The Labute approximate surface area is 115 Å². The molecular formula is C14H16BrNO2. The van der Waals surface area contributed by atoms with Crippen LogP contribution in [0.3, 0.4) is 0 Å². The van der Waals surface area contributed by atoms with Crippen molar-refractivity contribution in [2.24, 2.45) is 0 Å². The zero-order valence-corrected chi connectivity index (χ0v) is 12.0. The molecule has 3 nitrogen and oxygen atoms in total. The number of rotatable bonds is 5. The van der Waals surface area contributed by atoms with Crippen LogP contribution in [0.4, 0.5) is 0 Å². The van der Waals surface area contributed by atoms with Crippen molar-refractivity contribution in [3.8, 4) is 5.75 Å². The molecule has 0 spiro atoms. The standard InChI is InChI=1S/C14H16BrNO2/c1-3-17-12-7-5-4-6-10(12)13(16-2)14-11(15)8-9-18-14/h4-9,13,16H,3H2,1-2H3. The molecule has 1 unspecified atom stereocenters. The van der Waals surface area contributed by atoms with E-state index in [-0.39, 0.29) is 6.04 Å². The van der Waals surface area contributed by atoms with Crippen LogP contribution in [0.2, 0.25) is 0 Å². The van der Waals surface area contributed by atoms with Gasteiger partial charge in [-0.1, -0.05) is 18.2 Å². The molecule has 0 aliphatic rings. The summed E-state index contributed by atoms with van der Waals surface area (Å²) in [7, 11) is 1.91. The lowest BCUT2D eigenvalue weighted by Crippen LogP contribution is -2.18. The molecule has 0 aliphatic heterocycles. The fourth-order valence-corrected chi connectivity index (χ4v) is 2.38. The van der Waals surface area contributed by atoms with Crippen LogP contribution in [0.15, 0.2) is 45.5 Å². The highest BCUT2D eigenvalue weighted by Crippen LogP contribution is 2.33. The highest BCUT2D eigenvalue weighted by atomic mass is 79.9. The van der Waals surface area contributed by atoms with E-state index in [1.807, 2.05) is 44.3 Å². The molecule has 0 bridgehead atoms. The maximum Gasteiger partial charge on any atom is 0.139 e. The molecule has 1 aromatic carbocycles. The number of halogens is 1. The van der Waals surface area contributed by atoms with E-state index in [1.165, 1.54) is 0 Å². The lowest BCUT2D eigenvalue weighted by molar-refractivity contribution is 0.331. The topological polar surface area (TPSA) is 34.4 Å². The largest absolute Gasteiger partial charge is 0.494 e. The Balaban J connectivity index is 2.42. The van der Waals surface area contributed by atoms with Gasteiger partial charge in [-0.05, 0) is 42.0 Å². The number of hydrogen-bond donors (Lipinski definition) is 1. The normalized spacial score (nSPS) is 12.4. The van der Waals surface area contributed by atoms with Gasteiger partial charge in [0.1, 0.15) is 11.5 Å².